The van der Waals surface area contributed by atoms with E-state index in [-0.39, 0.29) is 17.1 Å². The number of hydrogen-bond donors (Lipinski definition) is 2. The highest BCUT2D eigenvalue weighted by molar-refractivity contribution is 7.98. The molecule has 2 N–H and O–H groups in total. The number of rotatable bonds is 8. The highest BCUT2D eigenvalue weighted by Crippen LogP contribution is 2.32. The number of carbonyl (C=O) groups is 2. The number of carbonyl (C=O) groups excluding carboxylic acids is 2. The summed E-state index contributed by atoms with van der Waals surface area (Å²) < 4.78 is 87.9. The number of amides is 2. The van der Waals surface area contributed by atoms with Gasteiger partial charge in [-0.05, 0) is 24.3 Å². The fourth-order valence-electron chi connectivity index (χ4n) is 3.00. The van der Waals surface area contributed by atoms with E-state index in [0.717, 1.165) is 28.4 Å². The number of benzene rings is 1. The molecule has 17 heteroatoms. The molecule has 0 aliphatic carbocycles. The average molecular weight is 570 g/mol. The van der Waals surface area contributed by atoms with Gasteiger partial charge in [-0.1, -0.05) is 0 Å². The monoisotopic (exact) mass is 569 g/mol. The summed E-state index contributed by atoms with van der Waals surface area (Å²) in [6.45, 7) is -1.48. The van der Waals surface area contributed by atoms with Crippen molar-refractivity contribution in [1.82, 2.24) is 15.2 Å². The van der Waals surface area contributed by atoms with Crippen molar-refractivity contribution in [2.45, 2.75) is 34.5 Å². The first kappa shape index (κ1) is 27.6. The Morgan fingerprint density at radius 3 is 2.56 bits per heavy atom. The molecule has 2 aromatic rings. The highest BCUT2D eigenvalue weighted by Gasteiger charge is 2.47. The third kappa shape index (κ3) is 6.83. The Morgan fingerprint density at radius 2 is 1.94 bits per heavy atom. The lowest BCUT2D eigenvalue weighted by molar-refractivity contribution is -0.131. The van der Waals surface area contributed by atoms with E-state index in [2.05, 4.69) is 10.3 Å². The second-order valence-corrected chi connectivity index (χ2v) is 11.1. The minimum Gasteiger partial charge on any atom is -0.342 e. The van der Waals surface area contributed by atoms with Crippen molar-refractivity contribution >= 4 is 50.6 Å². The van der Waals surface area contributed by atoms with Crippen LogP contribution < -0.4 is 10.0 Å². The maximum atomic E-state index is 13.5. The van der Waals surface area contributed by atoms with Gasteiger partial charge in [-0.25, -0.2) is 13.8 Å². The van der Waals surface area contributed by atoms with Crippen molar-refractivity contribution in [3.8, 4) is 6.07 Å². The molecule has 9 nitrogen and oxygen atoms in total. The van der Waals surface area contributed by atoms with Crippen LogP contribution in [0, 0.1) is 11.3 Å². The molecule has 1 aliphatic rings. The summed E-state index contributed by atoms with van der Waals surface area (Å²) in [4.78, 5) is 29.9. The molecule has 2 heterocycles. The van der Waals surface area contributed by atoms with Gasteiger partial charge in [-0.15, -0.1) is 23.1 Å². The second kappa shape index (κ2) is 10.6. The second-order valence-electron chi connectivity index (χ2n) is 7.40. The molecule has 1 aliphatic heterocycles. The van der Waals surface area contributed by atoms with Gasteiger partial charge in [0.15, 0.2) is 0 Å². The maximum absolute atomic E-state index is 13.5. The Kier molecular flexibility index (Phi) is 8.10. The molecule has 0 spiro atoms. The lowest BCUT2D eigenvalue weighted by atomic mass is 10.2. The van der Waals surface area contributed by atoms with Crippen LogP contribution in [0.2, 0.25) is 0 Å². The van der Waals surface area contributed by atoms with Gasteiger partial charge in [0, 0.05) is 22.4 Å². The Morgan fingerprint density at radius 1 is 1.28 bits per heavy atom. The van der Waals surface area contributed by atoms with Crippen molar-refractivity contribution in [3.05, 3.63) is 40.3 Å². The number of aromatic nitrogens is 1. The number of thiazole rings is 1. The van der Waals surface area contributed by atoms with E-state index < -0.39 is 58.8 Å². The van der Waals surface area contributed by atoms with E-state index in [4.69, 9.17) is 5.26 Å². The molecule has 1 saturated heterocycles. The normalized spacial score (nSPS) is 17.4. The topological polar surface area (TPSA) is 132 Å². The Balaban J connectivity index is 1.50. The first-order valence-electron chi connectivity index (χ1n) is 9.82. The van der Waals surface area contributed by atoms with E-state index >= 15 is 0 Å². The quantitative estimate of drug-likeness (QED) is 0.369. The SMILES string of the molecule is N#C[C@@H]1CC(F)(F)CN1C(=O)CNC(=O)c1csc(CSc2ccc(NS(=O)(=O)C(F)(F)F)cc2)n1. The molecule has 0 unspecified atom stereocenters. The van der Waals surface area contributed by atoms with Gasteiger partial charge in [0.05, 0.1) is 24.9 Å². The first-order valence-corrected chi connectivity index (χ1v) is 13.2. The fourth-order valence-corrected chi connectivity index (χ4v) is 5.25. The van der Waals surface area contributed by atoms with Crippen LogP contribution >= 0.6 is 23.1 Å². The van der Waals surface area contributed by atoms with E-state index in [1.165, 1.54) is 34.0 Å². The summed E-state index contributed by atoms with van der Waals surface area (Å²) in [7, 11) is -5.52. The van der Waals surface area contributed by atoms with E-state index in [0.29, 0.717) is 9.90 Å². The van der Waals surface area contributed by atoms with Crippen molar-refractivity contribution in [2.75, 3.05) is 17.8 Å². The number of sulfonamides is 1. The van der Waals surface area contributed by atoms with Gasteiger partial charge in [0.1, 0.15) is 16.7 Å². The minimum atomic E-state index is -5.52. The van der Waals surface area contributed by atoms with Crippen LogP contribution in [0.15, 0.2) is 34.5 Å². The molecular formula is C19H16F5N5O4S3. The number of nitrogens with zero attached hydrogens (tertiary/aromatic N) is 3. The zero-order valence-corrected chi connectivity index (χ0v) is 20.3. The zero-order chi connectivity index (χ0) is 26.7. The third-order valence-corrected chi connectivity index (χ3v) is 7.87. The number of nitrogens with one attached hydrogen (secondary N) is 2. The summed E-state index contributed by atoms with van der Waals surface area (Å²) in [6.07, 6.45) is -0.762. The smallest absolute Gasteiger partial charge is 0.342 e. The number of thioether (sulfide) groups is 1. The van der Waals surface area contributed by atoms with Crippen LogP contribution in [0.25, 0.3) is 0 Å². The summed E-state index contributed by atoms with van der Waals surface area (Å²) in [5.74, 6) is -4.42. The van der Waals surface area contributed by atoms with Crippen molar-refractivity contribution < 1.29 is 40.0 Å². The fraction of sp³-hybridized carbons (Fsp3) is 0.368. The van der Waals surface area contributed by atoms with Crippen LogP contribution in [0.5, 0.6) is 0 Å². The lowest BCUT2D eigenvalue weighted by Gasteiger charge is -2.19. The molecule has 1 atom stereocenters. The van der Waals surface area contributed by atoms with Crippen LogP contribution in [0.3, 0.4) is 0 Å². The van der Waals surface area contributed by atoms with Gasteiger partial charge < -0.3 is 10.2 Å². The molecule has 1 aromatic carbocycles. The summed E-state index contributed by atoms with van der Waals surface area (Å²) in [5.41, 5.74) is -5.72. The maximum Gasteiger partial charge on any atom is 0.516 e. The number of likely N-dealkylation sites (tertiary alicyclic amines) is 1. The number of hydrogen-bond acceptors (Lipinski definition) is 8. The number of alkyl halides is 5. The van der Waals surface area contributed by atoms with Gasteiger partial charge in [0.2, 0.25) is 5.91 Å². The number of nitriles is 1. The van der Waals surface area contributed by atoms with E-state index in [1.54, 1.807) is 6.07 Å². The number of halogens is 5. The summed E-state index contributed by atoms with van der Waals surface area (Å²) in [5, 5.41) is 13.2. The molecule has 0 radical (unpaired) electrons. The molecule has 2 amide bonds. The molecule has 0 saturated carbocycles. The largest absolute Gasteiger partial charge is 0.516 e. The first-order chi connectivity index (χ1) is 16.7. The van der Waals surface area contributed by atoms with Crippen LogP contribution in [0.4, 0.5) is 27.6 Å². The molecule has 1 fully saturated rings. The molecule has 194 valence electrons. The molecule has 0 bridgehead atoms. The van der Waals surface area contributed by atoms with Crippen molar-refractivity contribution in [3.63, 3.8) is 0 Å². The molecule has 36 heavy (non-hydrogen) atoms. The predicted octanol–water partition coefficient (Wildman–Crippen LogP) is 3.19. The zero-order valence-electron chi connectivity index (χ0n) is 17.9. The Bertz CT molecular complexity index is 1280. The Hall–Kier alpha value is -2.97. The molecule has 3 rings (SSSR count). The van der Waals surface area contributed by atoms with Crippen LogP contribution in [0.1, 0.15) is 21.9 Å². The average Bonchev–Trinajstić information content (AvgIpc) is 3.39. The van der Waals surface area contributed by atoms with Crippen LogP contribution in [-0.2, 0) is 20.6 Å². The molecule has 1 aromatic heterocycles. The third-order valence-electron chi connectivity index (χ3n) is 4.70. The highest BCUT2D eigenvalue weighted by atomic mass is 32.2. The summed E-state index contributed by atoms with van der Waals surface area (Å²) in [6, 6.07) is 5.51. The number of anilines is 1. The van der Waals surface area contributed by atoms with E-state index in [1.807, 2.05) is 0 Å². The predicted molar refractivity (Wildman–Crippen MR) is 120 cm³/mol. The Labute approximate surface area is 209 Å². The molecular weight excluding hydrogens is 553 g/mol. The van der Waals surface area contributed by atoms with Crippen molar-refractivity contribution in [2.24, 2.45) is 0 Å². The van der Waals surface area contributed by atoms with Gasteiger partial charge in [0.25, 0.3) is 11.8 Å². The van der Waals surface area contributed by atoms with Gasteiger partial charge >= 0.3 is 15.5 Å². The minimum absolute atomic E-state index is 0.0103. The van der Waals surface area contributed by atoms with Crippen LogP contribution in [-0.4, -0.2) is 60.7 Å². The standard InChI is InChI=1S/C19H16F5N5O4S3/c20-18(21)5-12(6-25)29(10-18)16(30)7-26-17(31)14-8-35-15(27-14)9-34-13-3-1-11(2-4-13)28-36(32,33)19(22,23)24/h1-4,8,12,28H,5,7,9-10H2,(H,26,31)/t12-/m0/s1. The lowest BCUT2D eigenvalue weighted by Crippen LogP contribution is -2.43. The van der Waals surface area contributed by atoms with Gasteiger partial charge in [-0.3, -0.25) is 14.3 Å². The summed E-state index contributed by atoms with van der Waals surface area (Å²) >= 11 is 2.35. The van der Waals surface area contributed by atoms with Gasteiger partial charge in [-0.2, -0.15) is 26.9 Å². The van der Waals surface area contributed by atoms with Crippen molar-refractivity contribution in [1.29, 1.82) is 5.26 Å². The van der Waals surface area contributed by atoms with E-state index in [9.17, 15) is 40.0 Å².